The summed E-state index contributed by atoms with van der Waals surface area (Å²) in [6.45, 7) is 6.16. The van der Waals surface area contributed by atoms with Crippen molar-refractivity contribution in [2.45, 2.75) is 44.9 Å². The van der Waals surface area contributed by atoms with Crippen LogP contribution in [0.2, 0.25) is 0 Å². The van der Waals surface area contributed by atoms with E-state index in [2.05, 4.69) is 14.7 Å². The number of ether oxygens (including phenoxy) is 1. The number of morpholine rings is 1. The van der Waals surface area contributed by atoms with Gasteiger partial charge in [-0.2, -0.15) is 5.10 Å². The highest BCUT2D eigenvalue weighted by Crippen LogP contribution is 2.32. The fraction of sp³-hybridized carbons (Fsp3) is 0.800. The van der Waals surface area contributed by atoms with Crippen LogP contribution in [0.15, 0.2) is 0 Å². The quantitative estimate of drug-likeness (QED) is 0.824. The zero-order valence-corrected chi connectivity index (χ0v) is 12.6. The van der Waals surface area contributed by atoms with Crippen LogP contribution >= 0.6 is 0 Å². The minimum absolute atomic E-state index is 0.375. The summed E-state index contributed by atoms with van der Waals surface area (Å²) in [6, 6.07) is 0. The normalized spacial score (nSPS) is 23.2. The third kappa shape index (κ3) is 3.29. The van der Waals surface area contributed by atoms with Gasteiger partial charge >= 0.3 is 0 Å². The van der Waals surface area contributed by atoms with Crippen LogP contribution in [0.25, 0.3) is 0 Å². The van der Waals surface area contributed by atoms with E-state index in [1.807, 2.05) is 0 Å². The number of rotatable bonds is 5. The molecule has 1 aromatic rings. The van der Waals surface area contributed by atoms with E-state index in [1.165, 1.54) is 5.69 Å². The summed E-state index contributed by atoms with van der Waals surface area (Å²) in [7, 11) is 0. The molecule has 3 rings (SSSR count). The Kier molecular flexibility index (Phi) is 4.90. The second-order valence-electron chi connectivity index (χ2n) is 5.95. The fourth-order valence-corrected chi connectivity index (χ4v) is 3.43. The average molecular weight is 294 g/mol. The van der Waals surface area contributed by atoms with Gasteiger partial charge in [-0.15, -0.1) is 0 Å². The molecule has 1 aromatic heterocycles. The lowest BCUT2D eigenvalue weighted by Crippen LogP contribution is -2.37. The Hall–Kier alpha value is -0.950. The number of nitrogens with two attached hydrogens (primary N) is 1. The summed E-state index contributed by atoms with van der Waals surface area (Å²) >= 11 is 0. The standard InChI is InChI=1S/C15H26N4O2/c16-11-12-15-13(3-1-4-14(15)20)19(17-12)6-2-5-18-7-9-21-10-8-18/h14,20H,1-11,16H2. The Morgan fingerprint density at radius 2 is 2.10 bits per heavy atom. The highest BCUT2D eigenvalue weighted by atomic mass is 16.5. The Morgan fingerprint density at radius 1 is 1.29 bits per heavy atom. The van der Waals surface area contributed by atoms with E-state index in [4.69, 9.17) is 10.5 Å². The Balaban J connectivity index is 1.62. The highest BCUT2D eigenvalue weighted by molar-refractivity contribution is 5.31. The first-order valence-electron chi connectivity index (χ1n) is 8.06. The topological polar surface area (TPSA) is 76.5 Å². The molecule has 0 aromatic carbocycles. The van der Waals surface area contributed by atoms with E-state index < -0.39 is 0 Å². The number of aliphatic hydroxyl groups is 1. The van der Waals surface area contributed by atoms with E-state index >= 15 is 0 Å². The summed E-state index contributed by atoms with van der Waals surface area (Å²) < 4.78 is 7.45. The van der Waals surface area contributed by atoms with Gasteiger partial charge in [-0.3, -0.25) is 9.58 Å². The van der Waals surface area contributed by atoms with Crippen molar-refractivity contribution in [3.05, 3.63) is 17.0 Å². The predicted molar refractivity (Wildman–Crippen MR) is 79.9 cm³/mol. The number of hydrogen-bond donors (Lipinski definition) is 2. The Bertz CT molecular complexity index is 468. The van der Waals surface area contributed by atoms with Crippen LogP contribution in [0.1, 0.15) is 42.3 Å². The second-order valence-corrected chi connectivity index (χ2v) is 5.95. The van der Waals surface area contributed by atoms with E-state index in [1.54, 1.807) is 0 Å². The maximum absolute atomic E-state index is 10.2. The molecule has 1 unspecified atom stereocenters. The maximum Gasteiger partial charge on any atom is 0.0826 e. The molecule has 1 aliphatic carbocycles. The van der Waals surface area contributed by atoms with Crippen LogP contribution in [-0.2, 0) is 24.2 Å². The van der Waals surface area contributed by atoms with Gasteiger partial charge in [-0.05, 0) is 25.7 Å². The average Bonchev–Trinajstić information content (AvgIpc) is 2.88. The van der Waals surface area contributed by atoms with Gasteiger partial charge in [0.2, 0.25) is 0 Å². The largest absolute Gasteiger partial charge is 0.388 e. The molecule has 1 fully saturated rings. The molecule has 1 atom stereocenters. The molecule has 0 saturated carbocycles. The lowest BCUT2D eigenvalue weighted by atomic mass is 9.93. The lowest BCUT2D eigenvalue weighted by Gasteiger charge is -2.26. The van der Waals surface area contributed by atoms with Crippen LogP contribution < -0.4 is 5.73 Å². The second kappa shape index (κ2) is 6.87. The zero-order chi connectivity index (χ0) is 14.7. The molecule has 6 nitrogen and oxygen atoms in total. The van der Waals surface area contributed by atoms with Crippen molar-refractivity contribution in [3.63, 3.8) is 0 Å². The molecule has 6 heteroatoms. The van der Waals surface area contributed by atoms with Crippen LogP contribution in [0.3, 0.4) is 0 Å². The molecule has 0 bridgehead atoms. The number of hydrogen-bond acceptors (Lipinski definition) is 5. The van der Waals surface area contributed by atoms with Crippen molar-refractivity contribution >= 4 is 0 Å². The van der Waals surface area contributed by atoms with Gasteiger partial charge in [0.1, 0.15) is 0 Å². The molecule has 0 spiro atoms. The van der Waals surface area contributed by atoms with Crippen molar-refractivity contribution in [1.29, 1.82) is 0 Å². The van der Waals surface area contributed by atoms with Crippen molar-refractivity contribution in [1.82, 2.24) is 14.7 Å². The molecule has 3 N–H and O–H groups in total. The van der Waals surface area contributed by atoms with Crippen molar-refractivity contribution in [2.75, 3.05) is 32.8 Å². The first-order chi connectivity index (χ1) is 10.3. The van der Waals surface area contributed by atoms with Gasteiger partial charge in [0.15, 0.2) is 0 Å². The van der Waals surface area contributed by atoms with Gasteiger partial charge in [-0.25, -0.2) is 0 Å². The smallest absolute Gasteiger partial charge is 0.0826 e. The van der Waals surface area contributed by atoms with Gasteiger partial charge in [0.05, 0.1) is 25.0 Å². The van der Waals surface area contributed by atoms with Gasteiger partial charge < -0.3 is 15.6 Å². The number of fused-ring (bicyclic) bond motifs is 1. The third-order valence-corrected chi connectivity index (χ3v) is 4.54. The molecule has 2 heterocycles. The molecule has 118 valence electrons. The number of nitrogens with zero attached hydrogens (tertiary/aromatic N) is 3. The zero-order valence-electron chi connectivity index (χ0n) is 12.6. The summed E-state index contributed by atoms with van der Waals surface area (Å²) in [5, 5.41) is 14.8. The van der Waals surface area contributed by atoms with Crippen molar-refractivity contribution in [2.24, 2.45) is 5.73 Å². The molecule has 0 radical (unpaired) electrons. The number of aryl methyl sites for hydroxylation is 1. The lowest BCUT2D eigenvalue weighted by molar-refractivity contribution is 0.0368. The number of aromatic nitrogens is 2. The predicted octanol–water partition coefficient (Wildman–Crippen LogP) is 0.434. The molecule has 1 saturated heterocycles. The van der Waals surface area contributed by atoms with Crippen molar-refractivity contribution in [3.8, 4) is 0 Å². The van der Waals surface area contributed by atoms with Crippen LogP contribution in [-0.4, -0.2) is 52.6 Å². The third-order valence-electron chi connectivity index (χ3n) is 4.54. The molecule has 2 aliphatic rings. The fourth-order valence-electron chi connectivity index (χ4n) is 3.43. The van der Waals surface area contributed by atoms with Gasteiger partial charge in [0, 0.05) is 44.0 Å². The molecular formula is C15H26N4O2. The molecular weight excluding hydrogens is 268 g/mol. The van der Waals surface area contributed by atoms with Gasteiger partial charge in [0.25, 0.3) is 0 Å². The van der Waals surface area contributed by atoms with Crippen molar-refractivity contribution < 1.29 is 9.84 Å². The SMILES string of the molecule is NCc1nn(CCCN2CCOCC2)c2c1C(O)CCC2. The first kappa shape index (κ1) is 15.0. The first-order valence-corrected chi connectivity index (χ1v) is 8.06. The summed E-state index contributed by atoms with van der Waals surface area (Å²) in [4.78, 5) is 2.44. The highest BCUT2D eigenvalue weighted by Gasteiger charge is 2.26. The number of aliphatic hydroxyl groups excluding tert-OH is 1. The van der Waals surface area contributed by atoms with Crippen LogP contribution in [0.4, 0.5) is 0 Å². The van der Waals surface area contributed by atoms with Crippen LogP contribution in [0, 0.1) is 0 Å². The monoisotopic (exact) mass is 294 g/mol. The molecule has 1 aliphatic heterocycles. The van der Waals surface area contributed by atoms with Crippen LogP contribution in [0.5, 0.6) is 0 Å². The molecule has 0 amide bonds. The minimum Gasteiger partial charge on any atom is -0.388 e. The Morgan fingerprint density at radius 3 is 2.86 bits per heavy atom. The van der Waals surface area contributed by atoms with E-state index in [9.17, 15) is 5.11 Å². The van der Waals surface area contributed by atoms with Gasteiger partial charge in [-0.1, -0.05) is 0 Å². The summed E-state index contributed by atoms with van der Waals surface area (Å²) in [5.41, 5.74) is 8.88. The summed E-state index contributed by atoms with van der Waals surface area (Å²) in [5.74, 6) is 0. The summed E-state index contributed by atoms with van der Waals surface area (Å²) in [6.07, 6.45) is 3.58. The van der Waals surface area contributed by atoms with E-state index in [0.717, 1.165) is 76.3 Å². The maximum atomic E-state index is 10.2. The minimum atomic E-state index is -0.375. The van der Waals surface area contributed by atoms with E-state index in [-0.39, 0.29) is 6.10 Å². The Labute approximate surface area is 125 Å². The molecule has 21 heavy (non-hydrogen) atoms. The van der Waals surface area contributed by atoms with E-state index in [0.29, 0.717) is 6.54 Å².